The molecular weight excluding hydrogens is 456 g/mol. The molecule has 4 rings (SSSR count). The average molecular weight is 479 g/mol. The van der Waals surface area contributed by atoms with Gasteiger partial charge in [-0.05, 0) is 54.6 Å². The molecule has 0 spiro atoms. The predicted molar refractivity (Wildman–Crippen MR) is 124 cm³/mol. The van der Waals surface area contributed by atoms with Crippen molar-refractivity contribution in [3.63, 3.8) is 0 Å². The third-order valence-electron chi connectivity index (χ3n) is 5.55. The van der Waals surface area contributed by atoms with Gasteiger partial charge in [0.25, 0.3) is 5.91 Å². The Labute approximate surface area is 200 Å². The highest BCUT2D eigenvalue weighted by molar-refractivity contribution is 6.01. The zero-order chi connectivity index (χ0) is 24.8. The molecule has 4 aromatic rings. The van der Waals surface area contributed by atoms with Crippen LogP contribution in [0.2, 0.25) is 0 Å². The number of amides is 1. The Morgan fingerprint density at radius 3 is 2.63 bits per heavy atom. The standard InChI is InChI=1S/C25H23F2N5O3/c1-35-23(14-33)21(12-17-4-3-11-28-30-17)29-25(34)18-5-2-6-19(27)24(18)22-13-20(31-32-22)15-7-9-16(26)10-8-15/h2-11,13,21,23,33H,12,14H2,1H3,(H,29,34)(H,31,32)/t21-,23?/m1/s1. The van der Waals surface area contributed by atoms with Gasteiger partial charge in [-0.1, -0.05) is 6.07 Å². The first-order chi connectivity index (χ1) is 17.0. The van der Waals surface area contributed by atoms with E-state index in [1.165, 1.54) is 43.6 Å². The highest BCUT2D eigenvalue weighted by atomic mass is 19.1. The van der Waals surface area contributed by atoms with E-state index in [-0.39, 0.29) is 35.7 Å². The zero-order valence-corrected chi connectivity index (χ0v) is 18.8. The monoisotopic (exact) mass is 479 g/mol. The normalized spacial score (nSPS) is 12.8. The molecule has 0 bridgehead atoms. The minimum Gasteiger partial charge on any atom is -0.394 e. The summed E-state index contributed by atoms with van der Waals surface area (Å²) in [5.74, 6) is -1.57. The lowest BCUT2D eigenvalue weighted by Gasteiger charge is -2.25. The molecule has 0 saturated carbocycles. The van der Waals surface area contributed by atoms with Crippen LogP contribution in [0, 0.1) is 11.6 Å². The molecular formula is C25H23F2N5O3. The number of benzene rings is 2. The van der Waals surface area contributed by atoms with Crippen molar-refractivity contribution < 1.29 is 23.4 Å². The second-order valence-electron chi connectivity index (χ2n) is 7.79. The summed E-state index contributed by atoms with van der Waals surface area (Å²) in [4.78, 5) is 13.3. The molecule has 2 heterocycles. The Kier molecular flexibility index (Phi) is 7.54. The molecule has 8 nitrogen and oxygen atoms in total. The molecule has 0 fully saturated rings. The van der Waals surface area contributed by atoms with Crippen LogP contribution in [0.5, 0.6) is 0 Å². The molecule has 35 heavy (non-hydrogen) atoms. The van der Waals surface area contributed by atoms with E-state index in [0.717, 1.165) is 0 Å². The molecule has 180 valence electrons. The highest BCUT2D eigenvalue weighted by Crippen LogP contribution is 2.29. The molecule has 0 aliphatic heterocycles. The molecule has 2 atom stereocenters. The van der Waals surface area contributed by atoms with Crippen molar-refractivity contribution in [1.82, 2.24) is 25.7 Å². The SMILES string of the molecule is COC(CO)[C@@H](Cc1cccnn1)NC(=O)c1cccc(F)c1-c1cc(-c2ccc(F)cc2)n[nH]1. The fourth-order valence-corrected chi connectivity index (χ4v) is 3.76. The van der Waals surface area contributed by atoms with Crippen molar-refractivity contribution in [3.05, 3.63) is 89.8 Å². The van der Waals surface area contributed by atoms with Crippen LogP contribution in [0.15, 0.2) is 66.9 Å². The molecule has 1 amide bonds. The Balaban J connectivity index is 1.64. The first-order valence-electron chi connectivity index (χ1n) is 10.8. The van der Waals surface area contributed by atoms with E-state index in [0.29, 0.717) is 17.0 Å². The maximum atomic E-state index is 15.0. The van der Waals surface area contributed by atoms with Crippen molar-refractivity contribution in [3.8, 4) is 22.5 Å². The third-order valence-corrected chi connectivity index (χ3v) is 5.55. The fourth-order valence-electron chi connectivity index (χ4n) is 3.76. The smallest absolute Gasteiger partial charge is 0.252 e. The van der Waals surface area contributed by atoms with E-state index < -0.39 is 23.9 Å². The van der Waals surface area contributed by atoms with Crippen LogP contribution >= 0.6 is 0 Å². The van der Waals surface area contributed by atoms with Gasteiger partial charge >= 0.3 is 0 Å². The maximum Gasteiger partial charge on any atom is 0.252 e. The van der Waals surface area contributed by atoms with Gasteiger partial charge in [-0.25, -0.2) is 8.78 Å². The summed E-state index contributed by atoms with van der Waals surface area (Å²) in [6.45, 7) is -0.348. The van der Waals surface area contributed by atoms with Crippen LogP contribution in [-0.4, -0.2) is 57.3 Å². The Bertz CT molecular complexity index is 1280. The van der Waals surface area contributed by atoms with Gasteiger partial charge in [0, 0.05) is 30.9 Å². The van der Waals surface area contributed by atoms with Crippen LogP contribution in [0.1, 0.15) is 16.1 Å². The van der Waals surface area contributed by atoms with Gasteiger partial charge in [0.2, 0.25) is 0 Å². The number of carbonyl (C=O) groups is 1. The van der Waals surface area contributed by atoms with Crippen LogP contribution in [0.3, 0.4) is 0 Å². The molecule has 0 aliphatic carbocycles. The number of aromatic nitrogens is 4. The first kappa shape index (κ1) is 24.1. The Morgan fingerprint density at radius 2 is 1.94 bits per heavy atom. The van der Waals surface area contributed by atoms with Gasteiger partial charge in [0.05, 0.1) is 35.3 Å². The van der Waals surface area contributed by atoms with E-state index in [1.807, 2.05) is 0 Å². The second-order valence-corrected chi connectivity index (χ2v) is 7.79. The number of methoxy groups -OCH3 is 1. The molecule has 2 aromatic heterocycles. The number of aliphatic hydroxyl groups excluding tert-OH is 1. The number of aromatic amines is 1. The van der Waals surface area contributed by atoms with Gasteiger partial charge in [-0.3, -0.25) is 9.89 Å². The lowest BCUT2D eigenvalue weighted by atomic mass is 10.00. The quantitative estimate of drug-likeness (QED) is 0.340. The number of rotatable bonds is 9. The number of carbonyl (C=O) groups excluding carboxylic acids is 1. The second kappa shape index (κ2) is 10.9. The molecule has 2 aromatic carbocycles. The predicted octanol–water partition coefficient (Wildman–Crippen LogP) is 3.16. The van der Waals surface area contributed by atoms with E-state index in [1.54, 1.807) is 30.3 Å². The number of nitrogens with zero attached hydrogens (tertiary/aromatic N) is 3. The summed E-state index contributed by atoms with van der Waals surface area (Å²) < 4.78 is 33.6. The van der Waals surface area contributed by atoms with Crippen molar-refractivity contribution in [2.75, 3.05) is 13.7 Å². The highest BCUT2D eigenvalue weighted by Gasteiger charge is 2.26. The lowest BCUT2D eigenvalue weighted by molar-refractivity contribution is 0.0213. The number of aliphatic hydroxyl groups is 1. The number of ether oxygens (including phenoxy) is 1. The Hall–Kier alpha value is -4.02. The van der Waals surface area contributed by atoms with Crippen LogP contribution in [0.25, 0.3) is 22.5 Å². The summed E-state index contributed by atoms with van der Waals surface area (Å²) in [7, 11) is 1.42. The van der Waals surface area contributed by atoms with Crippen LogP contribution in [-0.2, 0) is 11.2 Å². The summed E-state index contributed by atoms with van der Waals surface area (Å²) in [5.41, 5.74) is 2.06. The molecule has 1 unspecified atom stereocenters. The number of halogens is 2. The largest absolute Gasteiger partial charge is 0.394 e. The third kappa shape index (κ3) is 5.56. The minimum absolute atomic E-state index is 0.0297. The topological polar surface area (TPSA) is 113 Å². The molecule has 10 heteroatoms. The zero-order valence-electron chi connectivity index (χ0n) is 18.8. The van der Waals surface area contributed by atoms with Crippen LogP contribution < -0.4 is 5.32 Å². The van der Waals surface area contributed by atoms with Gasteiger partial charge in [0.15, 0.2) is 0 Å². The van der Waals surface area contributed by atoms with Gasteiger partial charge in [-0.15, -0.1) is 0 Å². The summed E-state index contributed by atoms with van der Waals surface area (Å²) in [6, 6.07) is 14.3. The fraction of sp³-hybridized carbons (Fsp3) is 0.200. The van der Waals surface area contributed by atoms with Crippen molar-refractivity contribution in [1.29, 1.82) is 0 Å². The Morgan fingerprint density at radius 1 is 1.14 bits per heavy atom. The van der Waals surface area contributed by atoms with E-state index in [9.17, 15) is 18.7 Å². The van der Waals surface area contributed by atoms with E-state index >= 15 is 0 Å². The number of hydrogen-bond acceptors (Lipinski definition) is 6. The molecule has 0 saturated heterocycles. The minimum atomic E-state index is -0.727. The number of nitrogens with one attached hydrogen (secondary N) is 2. The van der Waals surface area contributed by atoms with Crippen LogP contribution in [0.4, 0.5) is 8.78 Å². The van der Waals surface area contributed by atoms with Crippen molar-refractivity contribution in [2.24, 2.45) is 0 Å². The van der Waals surface area contributed by atoms with Crippen molar-refractivity contribution >= 4 is 5.91 Å². The summed E-state index contributed by atoms with van der Waals surface area (Å²) in [5, 5.41) is 27.4. The van der Waals surface area contributed by atoms with Gasteiger partial charge in [-0.2, -0.15) is 15.3 Å². The number of hydrogen-bond donors (Lipinski definition) is 3. The molecule has 3 N–H and O–H groups in total. The van der Waals surface area contributed by atoms with Crippen molar-refractivity contribution in [2.45, 2.75) is 18.6 Å². The molecule has 0 radical (unpaired) electrons. The van der Waals surface area contributed by atoms with E-state index in [4.69, 9.17) is 4.74 Å². The lowest BCUT2D eigenvalue weighted by Crippen LogP contribution is -2.47. The maximum absolute atomic E-state index is 15.0. The summed E-state index contributed by atoms with van der Waals surface area (Å²) in [6.07, 6.45) is 1.04. The summed E-state index contributed by atoms with van der Waals surface area (Å²) >= 11 is 0. The van der Waals surface area contributed by atoms with Gasteiger partial charge in [0.1, 0.15) is 17.7 Å². The average Bonchev–Trinajstić information content (AvgIpc) is 3.35. The van der Waals surface area contributed by atoms with Gasteiger partial charge < -0.3 is 15.2 Å². The first-order valence-corrected chi connectivity index (χ1v) is 10.8. The number of H-pyrrole nitrogens is 1. The molecule has 0 aliphatic rings. The van der Waals surface area contributed by atoms with E-state index in [2.05, 4.69) is 25.7 Å².